The molecule has 4 heteroatoms. The van der Waals surface area contributed by atoms with Crippen LogP contribution in [0.5, 0.6) is 17.2 Å². The molecule has 1 aliphatic rings. The molecule has 0 bridgehead atoms. The lowest BCUT2D eigenvalue weighted by Gasteiger charge is -2.36. The SMILES string of the molecule is C=CCOc1ccc(N2Cc3cc(OCC=C)ccc3OC2C)cc1. The smallest absolute Gasteiger partial charge is 0.169 e. The number of rotatable bonds is 7. The van der Waals surface area contributed by atoms with Crippen LogP contribution in [-0.2, 0) is 6.54 Å². The van der Waals surface area contributed by atoms with E-state index >= 15 is 0 Å². The average molecular weight is 337 g/mol. The summed E-state index contributed by atoms with van der Waals surface area (Å²) in [6.07, 6.45) is 3.42. The van der Waals surface area contributed by atoms with Gasteiger partial charge in [-0.3, -0.25) is 0 Å². The van der Waals surface area contributed by atoms with Crippen LogP contribution in [0.15, 0.2) is 67.8 Å². The summed E-state index contributed by atoms with van der Waals surface area (Å²) in [5.74, 6) is 2.56. The second-order valence-electron chi connectivity index (χ2n) is 5.81. The normalized spacial score (nSPS) is 15.7. The van der Waals surface area contributed by atoms with Crippen molar-refractivity contribution in [3.8, 4) is 17.2 Å². The van der Waals surface area contributed by atoms with Gasteiger partial charge in [0.2, 0.25) is 0 Å². The molecule has 1 atom stereocenters. The highest BCUT2D eigenvalue weighted by atomic mass is 16.5. The van der Waals surface area contributed by atoms with Gasteiger partial charge in [-0.25, -0.2) is 0 Å². The van der Waals surface area contributed by atoms with Gasteiger partial charge in [0.05, 0.1) is 6.54 Å². The Bertz CT molecular complexity index is 739. The highest BCUT2D eigenvalue weighted by Gasteiger charge is 2.24. The summed E-state index contributed by atoms with van der Waals surface area (Å²) in [5.41, 5.74) is 2.19. The third-order valence-corrected chi connectivity index (χ3v) is 4.01. The summed E-state index contributed by atoms with van der Waals surface area (Å²) in [7, 11) is 0. The minimum atomic E-state index is -0.0487. The number of fused-ring (bicyclic) bond motifs is 1. The molecule has 3 rings (SSSR count). The van der Waals surface area contributed by atoms with E-state index in [0.717, 1.165) is 35.0 Å². The molecule has 2 aromatic carbocycles. The zero-order chi connectivity index (χ0) is 17.6. The molecule has 0 saturated carbocycles. The number of anilines is 1. The van der Waals surface area contributed by atoms with Gasteiger partial charge in [0.1, 0.15) is 30.5 Å². The summed E-state index contributed by atoms with van der Waals surface area (Å²) >= 11 is 0. The van der Waals surface area contributed by atoms with E-state index in [9.17, 15) is 0 Å². The van der Waals surface area contributed by atoms with Gasteiger partial charge in [0.15, 0.2) is 6.23 Å². The third kappa shape index (κ3) is 3.97. The van der Waals surface area contributed by atoms with Crippen molar-refractivity contribution in [1.82, 2.24) is 0 Å². The highest BCUT2D eigenvalue weighted by molar-refractivity contribution is 5.53. The Hall–Kier alpha value is -2.88. The summed E-state index contributed by atoms with van der Waals surface area (Å²) in [5, 5.41) is 0. The predicted molar refractivity (Wildman–Crippen MR) is 101 cm³/mol. The maximum Gasteiger partial charge on any atom is 0.169 e. The van der Waals surface area contributed by atoms with Gasteiger partial charge in [-0.15, -0.1) is 0 Å². The second-order valence-corrected chi connectivity index (χ2v) is 5.81. The molecule has 0 aliphatic carbocycles. The molecular formula is C21H23NO3. The van der Waals surface area contributed by atoms with Crippen LogP contribution in [0.2, 0.25) is 0 Å². The first-order valence-corrected chi connectivity index (χ1v) is 8.35. The molecule has 0 spiro atoms. The van der Waals surface area contributed by atoms with Crippen molar-refractivity contribution in [3.05, 3.63) is 73.3 Å². The van der Waals surface area contributed by atoms with E-state index in [-0.39, 0.29) is 6.23 Å². The van der Waals surface area contributed by atoms with Gasteiger partial charge >= 0.3 is 0 Å². The van der Waals surface area contributed by atoms with Crippen molar-refractivity contribution in [3.63, 3.8) is 0 Å². The zero-order valence-corrected chi connectivity index (χ0v) is 14.5. The maximum atomic E-state index is 6.06. The molecular weight excluding hydrogens is 314 g/mol. The molecule has 25 heavy (non-hydrogen) atoms. The minimum absolute atomic E-state index is 0.0487. The summed E-state index contributed by atoms with van der Waals surface area (Å²) in [4.78, 5) is 2.21. The number of ether oxygens (including phenoxy) is 3. The first kappa shape index (κ1) is 17.0. The van der Waals surface area contributed by atoms with E-state index < -0.39 is 0 Å². The van der Waals surface area contributed by atoms with Crippen molar-refractivity contribution in [2.45, 2.75) is 19.7 Å². The number of hydrogen-bond donors (Lipinski definition) is 0. The zero-order valence-electron chi connectivity index (χ0n) is 14.5. The van der Waals surface area contributed by atoms with E-state index in [1.165, 1.54) is 0 Å². The summed E-state index contributed by atoms with van der Waals surface area (Å²) < 4.78 is 17.2. The van der Waals surface area contributed by atoms with E-state index in [1.807, 2.05) is 49.4 Å². The molecule has 0 aromatic heterocycles. The number of benzene rings is 2. The van der Waals surface area contributed by atoms with Crippen LogP contribution in [-0.4, -0.2) is 19.4 Å². The molecule has 0 N–H and O–H groups in total. The van der Waals surface area contributed by atoms with Crippen LogP contribution in [0, 0.1) is 0 Å². The van der Waals surface area contributed by atoms with E-state index in [0.29, 0.717) is 13.2 Å². The van der Waals surface area contributed by atoms with Gasteiger partial charge in [0, 0.05) is 11.3 Å². The van der Waals surface area contributed by atoms with Gasteiger partial charge in [-0.05, 0) is 49.4 Å². The number of nitrogens with zero attached hydrogens (tertiary/aromatic N) is 1. The molecule has 0 amide bonds. The first-order chi connectivity index (χ1) is 12.2. The van der Waals surface area contributed by atoms with Crippen molar-refractivity contribution in [1.29, 1.82) is 0 Å². The van der Waals surface area contributed by atoms with Crippen LogP contribution < -0.4 is 19.1 Å². The summed E-state index contributed by atoms with van der Waals surface area (Å²) in [6, 6.07) is 13.9. The van der Waals surface area contributed by atoms with Gasteiger partial charge in [-0.1, -0.05) is 25.3 Å². The van der Waals surface area contributed by atoms with Crippen LogP contribution in [0.25, 0.3) is 0 Å². The predicted octanol–water partition coefficient (Wildman–Crippen LogP) is 4.56. The Kier molecular flexibility index (Phi) is 5.29. The van der Waals surface area contributed by atoms with Crippen LogP contribution >= 0.6 is 0 Å². The average Bonchev–Trinajstić information content (AvgIpc) is 2.64. The Labute approximate surface area is 148 Å². The highest BCUT2D eigenvalue weighted by Crippen LogP contribution is 2.34. The lowest BCUT2D eigenvalue weighted by Crippen LogP contribution is -2.40. The fourth-order valence-corrected chi connectivity index (χ4v) is 2.79. The monoisotopic (exact) mass is 337 g/mol. The Morgan fingerprint density at radius 1 is 1.04 bits per heavy atom. The largest absolute Gasteiger partial charge is 0.490 e. The molecule has 4 nitrogen and oxygen atoms in total. The second kappa shape index (κ2) is 7.79. The van der Waals surface area contributed by atoms with E-state index in [2.05, 4.69) is 18.1 Å². The lowest BCUT2D eigenvalue weighted by atomic mass is 10.1. The molecule has 0 fully saturated rings. The maximum absolute atomic E-state index is 6.06. The third-order valence-electron chi connectivity index (χ3n) is 4.01. The van der Waals surface area contributed by atoms with Crippen molar-refractivity contribution >= 4 is 5.69 Å². The van der Waals surface area contributed by atoms with Gasteiger partial charge in [-0.2, -0.15) is 0 Å². The van der Waals surface area contributed by atoms with Crippen LogP contribution in [0.1, 0.15) is 12.5 Å². The fraction of sp³-hybridized carbons (Fsp3) is 0.238. The Morgan fingerprint density at radius 2 is 1.68 bits per heavy atom. The fourth-order valence-electron chi connectivity index (χ4n) is 2.79. The topological polar surface area (TPSA) is 30.9 Å². The van der Waals surface area contributed by atoms with Crippen molar-refractivity contribution < 1.29 is 14.2 Å². The molecule has 1 heterocycles. The van der Waals surface area contributed by atoms with Gasteiger partial charge in [0.25, 0.3) is 0 Å². The lowest BCUT2D eigenvalue weighted by molar-refractivity contribution is 0.194. The Balaban J connectivity index is 1.77. The first-order valence-electron chi connectivity index (χ1n) is 8.35. The van der Waals surface area contributed by atoms with E-state index in [1.54, 1.807) is 12.2 Å². The molecule has 0 radical (unpaired) electrons. The quantitative estimate of drug-likeness (QED) is 0.693. The molecule has 1 aliphatic heterocycles. The molecule has 0 saturated heterocycles. The van der Waals surface area contributed by atoms with Crippen LogP contribution in [0.4, 0.5) is 5.69 Å². The van der Waals surface area contributed by atoms with Crippen molar-refractivity contribution in [2.24, 2.45) is 0 Å². The molecule has 1 unspecified atom stereocenters. The van der Waals surface area contributed by atoms with Crippen molar-refractivity contribution in [2.75, 3.05) is 18.1 Å². The standard InChI is InChI=1S/C21H23NO3/c1-4-12-23-19-8-6-18(7-9-19)22-15-17-14-20(24-13-5-2)10-11-21(17)25-16(22)3/h4-11,14,16H,1-2,12-13,15H2,3H3. The minimum Gasteiger partial charge on any atom is -0.490 e. The Morgan fingerprint density at radius 3 is 2.36 bits per heavy atom. The van der Waals surface area contributed by atoms with E-state index in [4.69, 9.17) is 14.2 Å². The summed E-state index contributed by atoms with van der Waals surface area (Å²) in [6.45, 7) is 11.1. The molecule has 2 aromatic rings. The van der Waals surface area contributed by atoms with Crippen LogP contribution in [0.3, 0.4) is 0 Å². The molecule has 130 valence electrons. The number of hydrogen-bond acceptors (Lipinski definition) is 4. The van der Waals surface area contributed by atoms with Gasteiger partial charge < -0.3 is 19.1 Å².